The summed E-state index contributed by atoms with van der Waals surface area (Å²) in [7, 11) is 2.77. The third kappa shape index (κ3) is 10.9. The summed E-state index contributed by atoms with van der Waals surface area (Å²) in [6.07, 6.45) is -1.26. The molecule has 59 heavy (non-hydrogen) atoms. The lowest BCUT2D eigenvalue weighted by atomic mass is 9.76. The van der Waals surface area contributed by atoms with Crippen LogP contribution in [0.3, 0.4) is 0 Å². The number of allylic oxidation sites excluding steroid dienone is 5. The minimum absolute atomic E-state index is 0.0148. The maximum absolute atomic E-state index is 13.8. The maximum atomic E-state index is 13.8. The SMILES string of the molecule is CO/C1=C\C(C)=C\[C@@H](C)[C@@H](O)[C@H](C)C/C(C)=C/C=C/[C@H](OC)[C@@H]([C@@H](C)[C@@H](O)[C@H](C)[C@@]2(O)C[C@@H](O[14C](=O)c3ccc(C4(C(F)(F)F)N=N4)cc3)[C@H](C)[C@@H](C(C)C)O2)OC1=O. The van der Waals surface area contributed by atoms with E-state index in [0.717, 1.165) is 17.7 Å². The molecule has 3 aliphatic rings. The highest BCUT2D eigenvalue weighted by molar-refractivity contribution is 5.89. The van der Waals surface area contributed by atoms with Crippen LogP contribution < -0.4 is 0 Å². The average Bonchev–Trinajstić information content (AvgIpc) is 4.00. The van der Waals surface area contributed by atoms with Crippen molar-refractivity contribution in [2.75, 3.05) is 14.2 Å². The van der Waals surface area contributed by atoms with Crippen molar-refractivity contribution in [2.24, 2.45) is 45.7 Å². The van der Waals surface area contributed by atoms with Crippen molar-refractivity contribution in [3.05, 3.63) is 82.7 Å². The number of halogens is 3. The summed E-state index contributed by atoms with van der Waals surface area (Å²) in [6, 6.07) is 4.67. The minimum Gasteiger partial charge on any atom is -0.490 e. The summed E-state index contributed by atoms with van der Waals surface area (Å²) < 4.78 is 70.3. The van der Waals surface area contributed by atoms with Crippen LogP contribution in [0.15, 0.2) is 81.8 Å². The fraction of sp³-hybridized carbons (Fsp3) is 0.636. The van der Waals surface area contributed by atoms with E-state index < -0.39 is 83.9 Å². The van der Waals surface area contributed by atoms with Crippen LogP contribution in [0.25, 0.3) is 0 Å². The largest absolute Gasteiger partial charge is 0.490 e. The molecule has 328 valence electrons. The molecule has 12 atom stereocenters. The molecule has 3 heterocycles. The first-order valence-electron chi connectivity index (χ1n) is 20.1. The highest BCUT2D eigenvalue weighted by Gasteiger charge is 2.65. The van der Waals surface area contributed by atoms with E-state index in [2.05, 4.69) is 10.2 Å². The third-order valence-electron chi connectivity index (χ3n) is 11.9. The van der Waals surface area contributed by atoms with Crippen molar-refractivity contribution in [3.63, 3.8) is 0 Å². The van der Waals surface area contributed by atoms with Crippen LogP contribution in [0.2, 0.25) is 0 Å². The van der Waals surface area contributed by atoms with Gasteiger partial charge < -0.3 is 39.0 Å². The number of carbonyl (C=O) groups is 2. The van der Waals surface area contributed by atoms with E-state index in [-0.39, 0.29) is 41.1 Å². The summed E-state index contributed by atoms with van der Waals surface area (Å²) in [6.45, 7) is 16.4. The van der Waals surface area contributed by atoms with Crippen molar-refractivity contribution < 1.29 is 61.8 Å². The molecule has 12 nitrogen and oxygen atoms in total. The fourth-order valence-electron chi connectivity index (χ4n) is 8.16. The molecule has 0 saturated carbocycles. The maximum Gasteiger partial charge on any atom is 0.442 e. The van der Waals surface area contributed by atoms with Crippen molar-refractivity contribution in [1.29, 1.82) is 0 Å². The molecule has 15 heteroatoms. The number of esters is 2. The molecule has 0 aliphatic carbocycles. The van der Waals surface area contributed by atoms with E-state index in [1.165, 1.54) is 32.4 Å². The van der Waals surface area contributed by atoms with Gasteiger partial charge in [0.05, 0.1) is 31.0 Å². The predicted octanol–water partition coefficient (Wildman–Crippen LogP) is 7.74. The van der Waals surface area contributed by atoms with Gasteiger partial charge in [-0.25, -0.2) is 9.59 Å². The van der Waals surface area contributed by atoms with Gasteiger partial charge in [0.25, 0.3) is 0 Å². The Balaban J connectivity index is 1.63. The predicted molar refractivity (Wildman–Crippen MR) is 212 cm³/mol. The molecule has 1 saturated heterocycles. The first-order chi connectivity index (χ1) is 27.5. The van der Waals surface area contributed by atoms with Crippen LogP contribution in [-0.4, -0.2) is 90.1 Å². The molecule has 0 amide bonds. The number of aliphatic hydroxyl groups excluding tert-OH is 2. The quantitative estimate of drug-likeness (QED) is 0.199. The van der Waals surface area contributed by atoms with E-state index in [1.54, 1.807) is 32.9 Å². The van der Waals surface area contributed by atoms with Crippen molar-refractivity contribution in [2.45, 2.75) is 129 Å². The van der Waals surface area contributed by atoms with Gasteiger partial charge in [0.2, 0.25) is 5.76 Å². The fourth-order valence-corrected chi connectivity index (χ4v) is 8.16. The molecular weight excluding hydrogens is 775 g/mol. The second kappa shape index (κ2) is 19.2. The third-order valence-corrected chi connectivity index (χ3v) is 11.9. The number of aliphatic hydroxyl groups is 3. The first-order valence-corrected chi connectivity index (χ1v) is 20.1. The van der Waals surface area contributed by atoms with Crippen molar-refractivity contribution in [1.82, 2.24) is 0 Å². The van der Waals surface area contributed by atoms with Crippen LogP contribution in [0.1, 0.15) is 91.1 Å². The number of hydrogen-bond acceptors (Lipinski definition) is 12. The van der Waals surface area contributed by atoms with Crippen LogP contribution in [0.4, 0.5) is 13.2 Å². The number of carbonyl (C=O) groups excluding carboxylic acids is 2. The van der Waals surface area contributed by atoms with Crippen LogP contribution in [0, 0.1) is 35.5 Å². The number of cyclic esters (lactones) is 1. The Bertz CT molecular complexity index is 1780. The number of nitrogens with zero attached hydrogens (tertiary/aromatic N) is 2. The summed E-state index contributed by atoms with van der Waals surface area (Å²) in [5.41, 5.74) is -1.23. The van der Waals surface area contributed by atoms with E-state index in [9.17, 15) is 38.1 Å². The first kappa shape index (κ1) is 47.8. The second-order valence-corrected chi connectivity index (χ2v) is 16.9. The van der Waals surface area contributed by atoms with Gasteiger partial charge in [-0.05, 0) is 50.3 Å². The minimum atomic E-state index is -4.73. The zero-order valence-corrected chi connectivity index (χ0v) is 35.8. The van der Waals surface area contributed by atoms with Gasteiger partial charge in [-0.1, -0.05) is 96.0 Å². The van der Waals surface area contributed by atoms with Gasteiger partial charge >= 0.3 is 23.8 Å². The smallest absolute Gasteiger partial charge is 0.442 e. The monoisotopic (exact) mass is 836 g/mol. The number of methoxy groups -OCH3 is 2. The molecule has 3 aliphatic heterocycles. The van der Waals surface area contributed by atoms with Gasteiger partial charge in [0.15, 0.2) is 5.79 Å². The van der Waals surface area contributed by atoms with Crippen LogP contribution in [0.5, 0.6) is 0 Å². The Labute approximate surface area is 345 Å². The molecule has 0 spiro atoms. The highest BCUT2D eigenvalue weighted by atomic mass is 19.4. The zero-order chi connectivity index (χ0) is 44.2. The average molecular weight is 837 g/mol. The summed E-state index contributed by atoms with van der Waals surface area (Å²) in [4.78, 5) is 27.2. The topological polar surface area (TPSA) is 166 Å². The summed E-state index contributed by atoms with van der Waals surface area (Å²) in [5.74, 6) is -6.70. The molecular formula is C44H61F3N2O10. The van der Waals surface area contributed by atoms with E-state index in [4.69, 9.17) is 23.7 Å². The summed E-state index contributed by atoms with van der Waals surface area (Å²) >= 11 is 0. The highest BCUT2D eigenvalue weighted by Crippen LogP contribution is 2.52. The standard InChI is InChI=1S/C44H61F3N2O10/c1-23(2)38-28(7)35(57-40(52)31-15-17-32(18-16-31)43(48-49-43)44(45,46)47)22-42(54,59-38)30(9)37(51)29(8)39-33(55-10)14-12-13-24(3)19-26(5)36(50)27(6)20-25(4)21-34(56-11)41(53)58-39/h12-18,20-21,23,26-30,33,35-39,50-51,54H,19,22H2,1-11H3/b14-12+,24-13+,25-20+,34-21-/t26-,27-,28+,29+,30+,33+,35-,36+,37-,38-,39-,42-/m1/s1/i40+2. The molecule has 1 aromatic carbocycles. The summed E-state index contributed by atoms with van der Waals surface area (Å²) in [5, 5.41) is 41.8. The second-order valence-electron chi connectivity index (χ2n) is 16.9. The molecule has 0 radical (unpaired) electrons. The van der Waals surface area contributed by atoms with Gasteiger partial charge in [-0.2, -0.15) is 13.2 Å². The van der Waals surface area contributed by atoms with Gasteiger partial charge in [-0.3, -0.25) is 0 Å². The molecule has 0 aromatic heterocycles. The Morgan fingerprint density at radius 3 is 2.19 bits per heavy atom. The van der Waals surface area contributed by atoms with E-state index >= 15 is 0 Å². The van der Waals surface area contributed by atoms with E-state index in [0.29, 0.717) is 12.0 Å². The Morgan fingerprint density at radius 2 is 1.64 bits per heavy atom. The Kier molecular flexibility index (Phi) is 15.6. The molecule has 1 aromatic rings. The lowest BCUT2D eigenvalue weighted by molar-refractivity contribution is -0.328. The number of benzene rings is 1. The van der Waals surface area contributed by atoms with Crippen LogP contribution in [-0.2, 0) is 34.1 Å². The van der Waals surface area contributed by atoms with Crippen LogP contribution >= 0.6 is 0 Å². The molecule has 0 unspecified atom stereocenters. The number of rotatable bonds is 10. The number of hydrogen-bond donors (Lipinski definition) is 3. The Morgan fingerprint density at radius 1 is 1.02 bits per heavy atom. The number of alkyl halides is 3. The molecule has 1 fully saturated rings. The van der Waals surface area contributed by atoms with Gasteiger partial charge in [0.1, 0.15) is 18.3 Å². The Hall–Kier alpha value is -3.89. The molecule has 3 N–H and O–H groups in total. The van der Waals surface area contributed by atoms with Crippen molar-refractivity contribution in [3.8, 4) is 0 Å². The van der Waals surface area contributed by atoms with Gasteiger partial charge in [0, 0.05) is 42.8 Å². The molecule has 4 rings (SSSR count). The lowest BCUT2D eigenvalue weighted by Gasteiger charge is -2.50. The van der Waals surface area contributed by atoms with Gasteiger partial charge in [-0.15, -0.1) is 10.2 Å². The lowest BCUT2D eigenvalue weighted by Crippen LogP contribution is -2.59. The normalized spacial score (nSPS) is 35.4. The van der Waals surface area contributed by atoms with Crippen molar-refractivity contribution >= 4 is 11.9 Å². The van der Waals surface area contributed by atoms with E-state index in [1.807, 2.05) is 53.7 Å². The zero-order valence-electron chi connectivity index (χ0n) is 35.8. The number of ether oxygens (including phenoxy) is 5. The molecule has 0 bridgehead atoms.